The third kappa shape index (κ3) is 2.19. The first kappa shape index (κ1) is 11.8. The zero-order valence-electron chi connectivity index (χ0n) is 10.7. The molecule has 2 aromatic rings. The minimum absolute atomic E-state index is 0.164. The number of hydrogen-bond acceptors (Lipinski definition) is 3. The van der Waals surface area contributed by atoms with Crippen molar-refractivity contribution in [1.82, 2.24) is 0 Å². The topological polar surface area (TPSA) is 35.5 Å². The monoisotopic (exact) mass is 254 g/mol. The van der Waals surface area contributed by atoms with Gasteiger partial charge in [0.2, 0.25) is 6.79 Å². The number of carbonyl (C=O) groups is 1. The lowest BCUT2D eigenvalue weighted by Crippen LogP contribution is -1.95. The summed E-state index contributed by atoms with van der Waals surface area (Å²) in [5.74, 6) is 1.71. The van der Waals surface area contributed by atoms with E-state index >= 15 is 0 Å². The first-order valence-electron chi connectivity index (χ1n) is 6.31. The second-order valence-corrected chi connectivity index (χ2v) is 4.42. The predicted octanol–water partition coefficient (Wildman–Crippen LogP) is 3.68. The van der Waals surface area contributed by atoms with Crippen LogP contribution in [0.4, 0.5) is 0 Å². The summed E-state index contributed by atoms with van der Waals surface area (Å²) in [6.45, 7) is 2.15. The highest BCUT2D eigenvalue weighted by atomic mass is 16.7. The molecule has 0 fully saturated rings. The molecule has 0 spiro atoms. The molecule has 0 saturated heterocycles. The van der Waals surface area contributed by atoms with Crippen molar-refractivity contribution in [3.05, 3.63) is 48.0 Å². The van der Waals surface area contributed by atoms with Crippen LogP contribution in [0, 0.1) is 0 Å². The Labute approximate surface area is 111 Å². The van der Waals surface area contributed by atoms with Crippen LogP contribution in [-0.2, 0) is 0 Å². The second-order valence-electron chi connectivity index (χ2n) is 4.42. The van der Waals surface area contributed by atoms with E-state index in [4.69, 9.17) is 9.47 Å². The van der Waals surface area contributed by atoms with E-state index in [0.29, 0.717) is 6.42 Å². The van der Waals surface area contributed by atoms with Gasteiger partial charge in [-0.05, 0) is 23.3 Å². The summed E-state index contributed by atoms with van der Waals surface area (Å²) < 4.78 is 10.7. The number of hydrogen-bond donors (Lipinski definition) is 0. The van der Waals surface area contributed by atoms with Crippen molar-refractivity contribution in [2.75, 3.05) is 6.79 Å². The summed E-state index contributed by atoms with van der Waals surface area (Å²) in [5, 5.41) is 0. The van der Waals surface area contributed by atoms with Crippen molar-refractivity contribution < 1.29 is 14.3 Å². The van der Waals surface area contributed by atoms with Gasteiger partial charge in [-0.2, -0.15) is 0 Å². The van der Waals surface area contributed by atoms with Crippen LogP contribution in [0.2, 0.25) is 0 Å². The molecule has 0 radical (unpaired) electrons. The summed E-state index contributed by atoms with van der Waals surface area (Å²) in [5.41, 5.74) is 2.87. The fraction of sp³-hybridized carbons (Fsp3) is 0.188. The zero-order chi connectivity index (χ0) is 13.2. The van der Waals surface area contributed by atoms with E-state index in [-0.39, 0.29) is 12.6 Å². The Hall–Kier alpha value is -2.29. The molecule has 0 bridgehead atoms. The molecule has 0 saturated carbocycles. The van der Waals surface area contributed by atoms with Gasteiger partial charge in [0.05, 0.1) is 0 Å². The van der Waals surface area contributed by atoms with Crippen molar-refractivity contribution in [2.45, 2.75) is 13.3 Å². The highest BCUT2D eigenvalue weighted by molar-refractivity contribution is 5.96. The van der Waals surface area contributed by atoms with Gasteiger partial charge in [-0.1, -0.05) is 37.3 Å². The molecule has 0 N–H and O–H groups in total. The average molecular weight is 254 g/mol. The van der Waals surface area contributed by atoms with Gasteiger partial charge in [-0.25, -0.2) is 0 Å². The van der Waals surface area contributed by atoms with Crippen molar-refractivity contribution >= 4 is 5.78 Å². The lowest BCUT2D eigenvalue weighted by molar-refractivity contribution is 0.0988. The number of ether oxygens (including phenoxy) is 2. The van der Waals surface area contributed by atoms with Gasteiger partial charge in [0.15, 0.2) is 17.3 Å². The molecule has 1 heterocycles. The Morgan fingerprint density at radius 2 is 1.68 bits per heavy atom. The molecule has 19 heavy (non-hydrogen) atoms. The van der Waals surface area contributed by atoms with Crippen LogP contribution in [-0.4, -0.2) is 12.6 Å². The van der Waals surface area contributed by atoms with Crippen LogP contribution in [0.25, 0.3) is 11.1 Å². The molecule has 3 rings (SSSR count). The van der Waals surface area contributed by atoms with Gasteiger partial charge >= 0.3 is 0 Å². The Balaban J connectivity index is 1.92. The lowest BCUT2D eigenvalue weighted by atomic mass is 10.0. The number of carbonyl (C=O) groups excluding carboxylic acids is 1. The molecule has 3 nitrogen and oxygen atoms in total. The van der Waals surface area contributed by atoms with Gasteiger partial charge in [-0.3, -0.25) is 4.79 Å². The highest BCUT2D eigenvalue weighted by Gasteiger charge is 2.13. The fourth-order valence-electron chi connectivity index (χ4n) is 2.13. The molecule has 0 aromatic heterocycles. The maximum absolute atomic E-state index is 11.6. The van der Waals surface area contributed by atoms with Gasteiger partial charge in [0.25, 0.3) is 0 Å². The van der Waals surface area contributed by atoms with Gasteiger partial charge < -0.3 is 9.47 Å². The molecule has 96 valence electrons. The van der Waals surface area contributed by atoms with Crippen LogP contribution >= 0.6 is 0 Å². The quantitative estimate of drug-likeness (QED) is 0.784. The zero-order valence-corrected chi connectivity index (χ0v) is 10.7. The van der Waals surface area contributed by atoms with E-state index in [2.05, 4.69) is 0 Å². The molecule has 2 aromatic carbocycles. The van der Waals surface area contributed by atoms with E-state index in [1.807, 2.05) is 49.4 Å². The fourth-order valence-corrected chi connectivity index (χ4v) is 2.13. The maximum atomic E-state index is 11.6. The molecule has 1 aliphatic rings. The normalized spacial score (nSPS) is 12.5. The summed E-state index contributed by atoms with van der Waals surface area (Å²) >= 11 is 0. The molecule has 0 amide bonds. The third-order valence-electron chi connectivity index (χ3n) is 3.23. The third-order valence-corrected chi connectivity index (χ3v) is 3.23. The van der Waals surface area contributed by atoms with E-state index in [9.17, 15) is 4.79 Å². The Morgan fingerprint density at radius 1 is 1.00 bits per heavy atom. The Kier molecular flexibility index (Phi) is 2.95. The first-order chi connectivity index (χ1) is 9.28. The van der Waals surface area contributed by atoms with Gasteiger partial charge in [0.1, 0.15) is 0 Å². The van der Waals surface area contributed by atoms with Crippen LogP contribution in [0.5, 0.6) is 11.5 Å². The summed E-state index contributed by atoms with van der Waals surface area (Å²) in [6, 6.07) is 13.5. The smallest absolute Gasteiger partial charge is 0.231 e. The minimum atomic E-state index is 0.164. The average Bonchev–Trinajstić information content (AvgIpc) is 2.94. The van der Waals surface area contributed by atoms with Crippen LogP contribution in [0.3, 0.4) is 0 Å². The number of Topliss-reactive ketones (excluding diaryl/α,β-unsaturated/α-hetero) is 1. The van der Waals surface area contributed by atoms with Crippen LogP contribution in [0.1, 0.15) is 23.7 Å². The predicted molar refractivity (Wildman–Crippen MR) is 72.6 cm³/mol. The van der Waals surface area contributed by atoms with Crippen molar-refractivity contribution in [1.29, 1.82) is 0 Å². The number of rotatable bonds is 3. The van der Waals surface area contributed by atoms with E-state index in [0.717, 1.165) is 28.2 Å². The first-order valence-corrected chi connectivity index (χ1v) is 6.31. The van der Waals surface area contributed by atoms with Crippen LogP contribution in [0.15, 0.2) is 42.5 Å². The molecular weight excluding hydrogens is 240 g/mol. The van der Waals surface area contributed by atoms with E-state index in [1.54, 1.807) is 0 Å². The standard InChI is InChI=1S/C16H14O3/c1-2-14(17)12-5-3-11(4-6-12)13-7-8-15-16(9-13)19-10-18-15/h3-9H,2,10H2,1H3. The van der Waals surface area contributed by atoms with Gasteiger partial charge in [0, 0.05) is 12.0 Å². The lowest BCUT2D eigenvalue weighted by Gasteiger charge is -2.04. The minimum Gasteiger partial charge on any atom is -0.454 e. The van der Waals surface area contributed by atoms with Gasteiger partial charge in [-0.15, -0.1) is 0 Å². The van der Waals surface area contributed by atoms with E-state index < -0.39 is 0 Å². The second kappa shape index (κ2) is 4.76. The summed E-state index contributed by atoms with van der Waals surface area (Å²) in [6.07, 6.45) is 0.531. The molecule has 0 aliphatic carbocycles. The van der Waals surface area contributed by atoms with Crippen molar-refractivity contribution in [3.63, 3.8) is 0 Å². The maximum Gasteiger partial charge on any atom is 0.231 e. The Bertz CT molecular complexity index is 614. The van der Waals surface area contributed by atoms with Crippen LogP contribution < -0.4 is 9.47 Å². The summed E-state index contributed by atoms with van der Waals surface area (Å²) in [7, 11) is 0. The molecular formula is C16H14O3. The summed E-state index contributed by atoms with van der Waals surface area (Å²) in [4.78, 5) is 11.6. The van der Waals surface area contributed by atoms with E-state index in [1.165, 1.54) is 0 Å². The molecule has 0 unspecified atom stereocenters. The van der Waals surface area contributed by atoms with Crippen molar-refractivity contribution in [2.24, 2.45) is 0 Å². The molecule has 1 aliphatic heterocycles. The largest absolute Gasteiger partial charge is 0.454 e. The highest BCUT2D eigenvalue weighted by Crippen LogP contribution is 2.35. The molecule has 0 atom stereocenters. The number of ketones is 1. The SMILES string of the molecule is CCC(=O)c1ccc(-c2ccc3c(c2)OCO3)cc1. The molecule has 3 heteroatoms. The number of fused-ring (bicyclic) bond motifs is 1. The Morgan fingerprint density at radius 3 is 2.42 bits per heavy atom. The van der Waals surface area contributed by atoms with Crippen molar-refractivity contribution in [3.8, 4) is 22.6 Å². The number of benzene rings is 2.